The van der Waals surface area contributed by atoms with Gasteiger partial charge in [-0.15, -0.1) is 0 Å². The molecule has 66 valence electrons. The SMILES string of the molecule is Cc1nc(Br)n2c1CN(P)CC2. The Balaban J connectivity index is 2.45. The van der Waals surface area contributed by atoms with E-state index in [1.165, 1.54) is 5.69 Å². The average Bonchev–Trinajstić information content (AvgIpc) is 2.28. The van der Waals surface area contributed by atoms with Gasteiger partial charge in [-0.25, -0.2) is 4.98 Å². The van der Waals surface area contributed by atoms with Crippen LogP contribution < -0.4 is 0 Å². The third-order valence-electron chi connectivity index (χ3n) is 2.19. The van der Waals surface area contributed by atoms with Gasteiger partial charge in [-0.1, -0.05) is 9.39 Å². The summed E-state index contributed by atoms with van der Waals surface area (Å²) in [5, 5.41) is 0. The summed E-state index contributed by atoms with van der Waals surface area (Å²) in [6.07, 6.45) is 0. The number of fused-ring (bicyclic) bond motifs is 1. The summed E-state index contributed by atoms with van der Waals surface area (Å²) in [5.74, 6) is 0. The van der Waals surface area contributed by atoms with Gasteiger partial charge in [0.15, 0.2) is 4.73 Å². The van der Waals surface area contributed by atoms with Crippen LogP contribution >= 0.6 is 25.3 Å². The molecule has 5 heteroatoms. The zero-order valence-corrected chi connectivity index (χ0v) is 9.66. The summed E-state index contributed by atoms with van der Waals surface area (Å²) in [6.45, 7) is 5.14. The summed E-state index contributed by atoms with van der Waals surface area (Å²) < 4.78 is 5.43. The lowest BCUT2D eigenvalue weighted by Crippen LogP contribution is -2.26. The van der Waals surface area contributed by atoms with Crippen molar-refractivity contribution in [1.29, 1.82) is 0 Å². The molecule has 1 aromatic rings. The van der Waals surface area contributed by atoms with E-state index >= 15 is 0 Å². The normalized spacial score (nSPS) is 17.9. The molecule has 0 amide bonds. The van der Waals surface area contributed by atoms with E-state index in [0.717, 1.165) is 30.1 Å². The number of hydrogen-bond donors (Lipinski definition) is 0. The first-order chi connectivity index (χ1) is 5.68. The molecule has 0 radical (unpaired) electrons. The van der Waals surface area contributed by atoms with Gasteiger partial charge in [0.25, 0.3) is 0 Å². The molecule has 0 saturated carbocycles. The van der Waals surface area contributed by atoms with Crippen LogP contribution in [0.3, 0.4) is 0 Å². The number of aromatic nitrogens is 2. The van der Waals surface area contributed by atoms with Crippen LogP contribution in [0.5, 0.6) is 0 Å². The summed E-state index contributed by atoms with van der Waals surface area (Å²) in [6, 6.07) is 0. The minimum atomic E-state index is 0.966. The van der Waals surface area contributed by atoms with Crippen LogP contribution in [0.4, 0.5) is 0 Å². The highest BCUT2D eigenvalue weighted by Gasteiger charge is 2.18. The van der Waals surface area contributed by atoms with Gasteiger partial charge >= 0.3 is 0 Å². The summed E-state index contributed by atoms with van der Waals surface area (Å²) >= 11 is 3.45. The molecule has 1 unspecified atom stereocenters. The lowest BCUT2D eigenvalue weighted by Gasteiger charge is -2.24. The van der Waals surface area contributed by atoms with Crippen LogP contribution in [0.15, 0.2) is 4.73 Å². The summed E-state index contributed by atoms with van der Waals surface area (Å²) in [5.41, 5.74) is 2.46. The molecule has 0 aliphatic carbocycles. The van der Waals surface area contributed by atoms with Crippen LogP contribution in [0, 0.1) is 6.92 Å². The highest BCUT2D eigenvalue weighted by Crippen LogP contribution is 2.23. The van der Waals surface area contributed by atoms with Gasteiger partial charge in [-0.2, -0.15) is 0 Å². The topological polar surface area (TPSA) is 21.1 Å². The van der Waals surface area contributed by atoms with Crippen molar-refractivity contribution in [1.82, 2.24) is 14.2 Å². The first-order valence-electron chi connectivity index (χ1n) is 3.89. The Hall–Kier alpha value is 0.0800. The van der Waals surface area contributed by atoms with Crippen LogP contribution in [0.1, 0.15) is 11.4 Å². The van der Waals surface area contributed by atoms with E-state index in [9.17, 15) is 0 Å². The van der Waals surface area contributed by atoms with Crippen molar-refractivity contribution in [3.8, 4) is 0 Å². The molecule has 2 rings (SSSR count). The predicted molar refractivity (Wildman–Crippen MR) is 54.8 cm³/mol. The van der Waals surface area contributed by atoms with Gasteiger partial charge in [0.2, 0.25) is 0 Å². The Morgan fingerprint density at radius 1 is 1.50 bits per heavy atom. The summed E-state index contributed by atoms with van der Waals surface area (Å²) in [4.78, 5) is 4.37. The molecule has 1 aliphatic rings. The number of halogens is 1. The maximum atomic E-state index is 4.37. The van der Waals surface area contributed by atoms with Crippen molar-refractivity contribution in [3.63, 3.8) is 0 Å². The van der Waals surface area contributed by atoms with E-state index in [-0.39, 0.29) is 0 Å². The molecule has 12 heavy (non-hydrogen) atoms. The molecule has 1 aromatic heterocycles. The number of aryl methyl sites for hydroxylation is 1. The van der Waals surface area contributed by atoms with Crippen LogP contribution in [0.2, 0.25) is 0 Å². The first-order valence-corrected chi connectivity index (χ1v) is 5.20. The molecular formula is C7H11BrN3P. The molecule has 0 aromatic carbocycles. The van der Waals surface area contributed by atoms with Gasteiger partial charge in [0, 0.05) is 19.6 Å². The van der Waals surface area contributed by atoms with Crippen molar-refractivity contribution in [2.24, 2.45) is 0 Å². The van der Waals surface area contributed by atoms with Crippen LogP contribution in [-0.2, 0) is 13.1 Å². The third-order valence-corrected chi connectivity index (χ3v) is 3.24. The average molecular weight is 248 g/mol. The Kier molecular flexibility index (Phi) is 2.23. The van der Waals surface area contributed by atoms with Crippen LogP contribution in [-0.4, -0.2) is 20.8 Å². The molecule has 0 fully saturated rings. The zero-order chi connectivity index (χ0) is 8.72. The van der Waals surface area contributed by atoms with E-state index < -0.39 is 0 Å². The fourth-order valence-electron chi connectivity index (χ4n) is 1.50. The van der Waals surface area contributed by atoms with E-state index in [1.54, 1.807) is 0 Å². The standard InChI is InChI=1S/C7H11BrN3P/c1-5-6-4-10(12)2-3-11(6)7(8)9-5/h2-4,12H2,1H3. The van der Waals surface area contributed by atoms with Crippen molar-refractivity contribution < 1.29 is 0 Å². The Morgan fingerprint density at radius 3 is 3.00 bits per heavy atom. The second-order valence-corrected chi connectivity index (χ2v) is 4.47. The van der Waals surface area contributed by atoms with Gasteiger partial charge < -0.3 is 4.57 Å². The zero-order valence-electron chi connectivity index (χ0n) is 6.92. The predicted octanol–water partition coefficient (Wildman–Crippen LogP) is 1.56. The molecule has 0 spiro atoms. The molecule has 3 nitrogen and oxygen atoms in total. The Morgan fingerprint density at radius 2 is 2.25 bits per heavy atom. The maximum absolute atomic E-state index is 4.37. The third kappa shape index (κ3) is 1.32. The lowest BCUT2D eigenvalue weighted by atomic mass is 10.3. The molecule has 0 saturated heterocycles. The quantitative estimate of drug-likeness (QED) is 0.649. The van der Waals surface area contributed by atoms with Crippen molar-refractivity contribution in [2.45, 2.75) is 20.0 Å². The second kappa shape index (κ2) is 3.09. The molecule has 1 atom stereocenters. The summed E-state index contributed by atoms with van der Waals surface area (Å²) in [7, 11) is 2.74. The highest BCUT2D eigenvalue weighted by molar-refractivity contribution is 9.10. The van der Waals surface area contributed by atoms with Crippen molar-refractivity contribution in [3.05, 3.63) is 16.1 Å². The van der Waals surface area contributed by atoms with E-state index in [1.807, 2.05) is 0 Å². The minimum Gasteiger partial charge on any atom is -0.320 e. The smallest absolute Gasteiger partial charge is 0.177 e. The molecule has 0 N–H and O–H groups in total. The number of hydrogen-bond acceptors (Lipinski definition) is 2. The van der Waals surface area contributed by atoms with Gasteiger partial charge in [0.05, 0.1) is 11.4 Å². The highest BCUT2D eigenvalue weighted by atomic mass is 79.9. The van der Waals surface area contributed by atoms with Crippen molar-refractivity contribution >= 4 is 25.3 Å². The molecule has 1 aliphatic heterocycles. The van der Waals surface area contributed by atoms with Gasteiger partial charge in [-0.3, -0.25) is 4.67 Å². The number of imidazole rings is 1. The largest absolute Gasteiger partial charge is 0.320 e. The molecular weight excluding hydrogens is 237 g/mol. The minimum absolute atomic E-state index is 0.966. The fraction of sp³-hybridized carbons (Fsp3) is 0.571. The van der Waals surface area contributed by atoms with Gasteiger partial charge in [0.1, 0.15) is 0 Å². The maximum Gasteiger partial charge on any atom is 0.177 e. The molecule has 2 heterocycles. The number of rotatable bonds is 0. The van der Waals surface area contributed by atoms with E-state index in [4.69, 9.17) is 0 Å². The Labute approximate surface area is 82.5 Å². The van der Waals surface area contributed by atoms with Gasteiger partial charge in [-0.05, 0) is 22.9 Å². The second-order valence-electron chi connectivity index (χ2n) is 3.04. The number of nitrogens with zero attached hydrogens (tertiary/aromatic N) is 3. The van der Waals surface area contributed by atoms with Crippen LogP contribution in [0.25, 0.3) is 0 Å². The van der Waals surface area contributed by atoms with Crippen molar-refractivity contribution in [2.75, 3.05) is 6.54 Å². The lowest BCUT2D eigenvalue weighted by molar-refractivity contribution is 0.370. The monoisotopic (exact) mass is 247 g/mol. The molecule has 0 bridgehead atoms. The fourth-order valence-corrected chi connectivity index (χ4v) is 2.44. The first kappa shape index (κ1) is 8.67. The van der Waals surface area contributed by atoms with E-state index in [2.05, 4.69) is 46.5 Å². The van der Waals surface area contributed by atoms with E-state index in [0.29, 0.717) is 0 Å². The Bertz CT molecular complexity index is 310.